The highest BCUT2D eigenvalue weighted by molar-refractivity contribution is 7.99. The van der Waals surface area contributed by atoms with Gasteiger partial charge in [-0.25, -0.2) is 14.6 Å². The quantitative estimate of drug-likeness (QED) is 0.377. The number of carbonyl (C=O) groups is 2. The van der Waals surface area contributed by atoms with Gasteiger partial charge in [0.1, 0.15) is 5.84 Å². The van der Waals surface area contributed by atoms with E-state index in [-0.39, 0.29) is 14.0 Å². The average Bonchev–Trinajstić information content (AvgIpc) is 3.03. The molecule has 2 heterocycles. The van der Waals surface area contributed by atoms with Gasteiger partial charge in [0.25, 0.3) is 0 Å². The predicted octanol–water partition coefficient (Wildman–Crippen LogP) is 3.20. The van der Waals surface area contributed by atoms with Crippen LogP contribution in [0.5, 0.6) is 0 Å². The number of hydrogen-bond donors (Lipinski definition) is 3. The Kier molecular flexibility index (Phi) is 12.1. The minimum Gasteiger partial charge on any atom is -0.478 e. The lowest BCUT2D eigenvalue weighted by Gasteiger charge is -2.36. The van der Waals surface area contributed by atoms with E-state index in [1.165, 1.54) is 15.4 Å². The summed E-state index contributed by atoms with van der Waals surface area (Å²) in [5.41, 5.74) is 2.27. The lowest BCUT2D eigenvalue weighted by molar-refractivity contribution is -0.134. The number of aliphatic imine (C=N–C) groups is 1. The van der Waals surface area contributed by atoms with Crippen molar-refractivity contribution in [2.75, 3.05) is 52.5 Å². The van der Waals surface area contributed by atoms with Gasteiger partial charge in [-0.2, -0.15) is 0 Å². The van der Waals surface area contributed by atoms with Crippen LogP contribution in [0, 0.1) is 0 Å². The Balaban J connectivity index is 0.000000442. The predicted molar refractivity (Wildman–Crippen MR) is 140 cm³/mol. The van der Waals surface area contributed by atoms with Gasteiger partial charge in [0.2, 0.25) is 0 Å². The van der Waals surface area contributed by atoms with Crippen LogP contribution >= 0.6 is 11.8 Å². The number of rotatable bonds is 7. The number of aliphatic hydroxyl groups is 1. The molecule has 0 radical (unpaired) electrons. The lowest BCUT2D eigenvalue weighted by Crippen LogP contribution is -2.49. The van der Waals surface area contributed by atoms with Gasteiger partial charge in [-0.3, -0.25) is 4.90 Å². The number of ether oxygens (including phenoxy) is 1. The van der Waals surface area contributed by atoms with Crippen LogP contribution in [0.25, 0.3) is 0 Å². The van der Waals surface area contributed by atoms with Gasteiger partial charge < -0.3 is 25.0 Å². The first-order valence-electron chi connectivity index (χ1n) is 11.2. The Labute approximate surface area is 215 Å². The molecular formula is C26H33N3O6S. The molecule has 4 rings (SSSR count). The molecule has 2 aromatic carbocycles. The second kappa shape index (κ2) is 15.0. The van der Waals surface area contributed by atoms with E-state index in [1.54, 1.807) is 11.8 Å². The maximum Gasteiger partial charge on any atom is 0.328 e. The van der Waals surface area contributed by atoms with Crippen LogP contribution < -0.4 is 0 Å². The van der Waals surface area contributed by atoms with Gasteiger partial charge >= 0.3 is 11.9 Å². The van der Waals surface area contributed by atoms with Gasteiger partial charge in [0.05, 0.1) is 25.5 Å². The van der Waals surface area contributed by atoms with Crippen molar-refractivity contribution in [2.24, 2.45) is 4.99 Å². The minimum atomic E-state index is -1.26. The Morgan fingerprint density at radius 3 is 2.17 bits per heavy atom. The highest BCUT2D eigenvalue weighted by Crippen LogP contribution is 2.40. The Morgan fingerprint density at radius 1 is 0.917 bits per heavy atom. The highest BCUT2D eigenvalue weighted by atomic mass is 32.2. The Bertz CT molecular complexity index is 1050. The number of piperazine rings is 1. The van der Waals surface area contributed by atoms with Crippen LogP contribution in [0.4, 0.5) is 5.69 Å². The third kappa shape index (κ3) is 8.80. The van der Waals surface area contributed by atoms with E-state index in [1.807, 2.05) is 0 Å². The maximum absolute atomic E-state index is 9.55. The summed E-state index contributed by atoms with van der Waals surface area (Å²) in [4.78, 5) is 31.5. The molecule has 0 atom stereocenters. The molecule has 9 nitrogen and oxygen atoms in total. The number of para-hydroxylation sites is 1. The molecule has 2 aliphatic heterocycles. The summed E-state index contributed by atoms with van der Waals surface area (Å²) >= 11 is 1.80. The van der Waals surface area contributed by atoms with Crippen molar-refractivity contribution in [1.29, 1.82) is 0 Å². The second-order valence-electron chi connectivity index (χ2n) is 7.68. The van der Waals surface area contributed by atoms with E-state index < -0.39 is 11.9 Å². The molecule has 194 valence electrons. The van der Waals surface area contributed by atoms with Crippen LogP contribution in [0.3, 0.4) is 0 Å². The van der Waals surface area contributed by atoms with Crippen LogP contribution in [0.1, 0.15) is 13.0 Å². The molecule has 0 aromatic heterocycles. The number of aliphatic carboxylic acids is 2. The number of amidine groups is 1. The van der Waals surface area contributed by atoms with E-state index in [4.69, 9.17) is 25.0 Å². The van der Waals surface area contributed by atoms with Crippen molar-refractivity contribution < 1.29 is 29.6 Å². The molecule has 0 bridgehead atoms. The highest BCUT2D eigenvalue weighted by Gasteiger charge is 2.24. The van der Waals surface area contributed by atoms with Crippen molar-refractivity contribution in [3.63, 3.8) is 0 Å². The molecule has 0 amide bonds. The van der Waals surface area contributed by atoms with Crippen molar-refractivity contribution in [1.82, 2.24) is 9.80 Å². The second-order valence-corrected chi connectivity index (χ2v) is 8.76. The fourth-order valence-electron chi connectivity index (χ4n) is 3.60. The number of nitrogens with zero attached hydrogens (tertiary/aromatic N) is 3. The number of fused-ring (bicyclic) bond motifs is 2. The van der Waals surface area contributed by atoms with E-state index >= 15 is 0 Å². The lowest BCUT2D eigenvalue weighted by atomic mass is 10.1. The molecular weight excluding hydrogens is 482 g/mol. The van der Waals surface area contributed by atoms with Crippen molar-refractivity contribution in [3.05, 3.63) is 66.2 Å². The van der Waals surface area contributed by atoms with Gasteiger partial charge in [0, 0.05) is 60.2 Å². The van der Waals surface area contributed by atoms with E-state index in [0.29, 0.717) is 25.4 Å². The molecule has 36 heavy (non-hydrogen) atoms. The molecule has 2 aromatic rings. The van der Waals surface area contributed by atoms with Gasteiger partial charge in [-0.05, 0) is 18.2 Å². The number of carboxylic acid groups (broad SMARTS) is 2. The third-order valence-electron chi connectivity index (χ3n) is 5.27. The van der Waals surface area contributed by atoms with Crippen molar-refractivity contribution in [3.8, 4) is 0 Å². The molecule has 1 fully saturated rings. The molecule has 3 N–H and O–H groups in total. The SMILES string of the molecule is C.O=C(O)/C=C/C(=O)O.OCCOCCN1CCN(C2=Nc3ccccc3Sc3ccccc32)CC1. The van der Waals surface area contributed by atoms with Crippen molar-refractivity contribution in [2.45, 2.75) is 17.2 Å². The van der Waals surface area contributed by atoms with E-state index in [0.717, 1.165) is 44.2 Å². The van der Waals surface area contributed by atoms with Crippen LogP contribution in [-0.4, -0.2) is 95.4 Å². The number of hydrogen-bond acceptors (Lipinski definition) is 8. The monoisotopic (exact) mass is 515 g/mol. The largest absolute Gasteiger partial charge is 0.478 e. The molecule has 0 spiro atoms. The smallest absolute Gasteiger partial charge is 0.328 e. The standard InChI is InChI=1S/C21H25N3O2S.C4H4O4.CH4/c25-14-16-26-15-13-23-9-11-24(12-10-23)21-17-5-1-3-7-19(17)27-20-8-4-2-6-18(20)22-21;5-3(6)1-2-4(7)8;/h1-8,25H,9-16H2;1-2H,(H,5,6)(H,7,8);1H4/b;2-1+;. The topological polar surface area (TPSA) is 123 Å². The Morgan fingerprint density at radius 2 is 1.53 bits per heavy atom. The van der Waals surface area contributed by atoms with Gasteiger partial charge in [-0.15, -0.1) is 0 Å². The Hall–Kier alpha value is -3.18. The molecule has 1 saturated heterocycles. The maximum atomic E-state index is 9.55. The summed E-state index contributed by atoms with van der Waals surface area (Å²) in [6.45, 7) is 6.01. The summed E-state index contributed by atoms with van der Waals surface area (Å²) in [7, 11) is 0. The van der Waals surface area contributed by atoms with Crippen LogP contribution in [0.2, 0.25) is 0 Å². The zero-order valence-corrected chi connectivity index (χ0v) is 20.1. The number of benzene rings is 2. The third-order valence-corrected chi connectivity index (χ3v) is 6.41. The minimum absolute atomic E-state index is 0. The summed E-state index contributed by atoms with van der Waals surface area (Å²) in [5.74, 6) is -1.43. The molecule has 2 aliphatic rings. The first-order chi connectivity index (χ1) is 17.0. The number of carboxylic acids is 2. The first-order valence-corrected chi connectivity index (χ1v) is 12.0. The fourth-order valence-corrected chi connectivity index (χ4v) is 4.61. The summed E-state index contributed by atoms with van der Waals surface area (Å²) < 4.78 is 5.40. The van der Waals surface area contributed by atoms with Crippen LogP contribution in [-0.2, 0) is 14.3 Å². The van der Waals surface area contributed by atoms with Gasteiger partial charge in [-0.1, -0.05) is 49.5 Å². The summed E-state index contributed by atoms with van der Waals surface area (Å²) in [6, 6.07) is 16.9. The molecule has 0 unspecified atom stereocenters. The fraction of sp³-hybridized carbons (Fsp3) is 0.346. The van der Waals surface area contributed by atoms with E-state index in [9.17, 15) is 9.59 Å². The zero-order valence-electron chi connectivity index (χ0n) is 19.2. The average molecular weight is 516 g/mol. The summed E-state index contributed by atoms with van der Waals surface area (Å²) in [5, 5.41) is 24.4. The molecule has 0 aliphatic carbocycles. The van der Waals surface area contributed by atoms with Gasteiger partial charge in [0.15, 0.2) is 0 Å². The van der Waals surface area contributed by atoms with Crippen molar-refractivity contribution >= 4 is 35.2 Å². The summed E-state index contributed by atoms with van der Waals surface area (Å²) in [6.07, 6.45) is 1.12. The van der Waals surface area contributed by atoms with E-state index in [2.05, 4.69) is 58.3 Å². The molecule has 0 saturated carbocycles. The zero-order chi connectivity index (χ0) is 25.0. The normalized spacial score (nSPS) is 14.9. The number of aliphatic hydroxyl groups excluding tert-OH is 1. The molecule has 10 heteroatoms. The first kappa shape index (κ1) is 29.1. The van der Waals surface area contributed by atoms with Crippen LogP contribution in [0.15, 0.2) is 75.5 Å².